The minimum absolute atomic E-state index is 0.0562. The van der Waals surface area contributed by atoms with Crippen LogP contribution < -0.4 is 5.73 Å². The Morgan fingerprint density at radius 3 is 2.71 bits per heavy atom. The van der Waals surface area contributed by atoms with Crippen molar-refractivity contribution in [2.75, 3.05) is 13.1 Å². The molecule has 6 nitrogen and oxygen atoms in total. The molecule has 1 aliphatic heterocycles. The number of carbonyl (C=O) groups is 1. The van der Waals surface area contributed by atoms with Gasteiger partial charge in [0.2, 0.25) is 0 Å². The Morgan fingerprint density at radius 1 is 1.17 bits per heavy atom. The van der Waals surface area contributed by atoms with Gasteiger partial charge in [-0.15, -0.1) is 5.10 Å². The van der Waals surface area contributed by atoms with E-state index in [9.17, 15) is 4.79 Å². The minimum Gasteiger partial charge on any atom is -0.337 e. The van der Waals surface area contributed by atoms with E-state index in [1.807, 2.05) is 58.1 Å². The Kier molecular flexibility index (Phi) is 3.74. The van der Waals surface area contributed by atoms with E-state index in [-0.39, 0.29) is 11.9 Å². The van der Waals surface area contributed by atoms with E-state index >= 15 is 0 Å². The van der Waals surface area contributed by atoms with Gasteiger partial charge in [-0.25, -0.2) is 4.68 Å². The number of aromatic nitrogens is 3. The van der Waals surface area contributed by atoms with Gasteiger partial charge in [0.1, 0.15) is 5.52 Å². The first kappa shape index (κ1) is 14.8. The molecule has 1 aliphatic rings. The van der Waals surface area contributed by atoms with Crippen LogP contribution in [0.5, 0.6) is 0 Å². The summed E-state index contributed by atoms with van der Waals surface area (Å²) >= 11 is 0. The first-order chi connectivity index (χ1) is 11.7. The van der Waals surface area contributed by atoms with Crippen LogP contribution >= 0.6 is 0 Å². The van der Waals surface area contributed by atoms with Gasteiger partial charge in [-0.1, -0.05) is 29.5 Å². The molecule has 6 heteroatoms. The largest absolute Gasteiger partial charge is 0.337 e. The van der Waals surface area contributed by atoms with E-state index in [4.69, 9.17) is 5.73 Å². The smallest absolute Gasteiger partial charge is 0.253 e. The number of likely N-dealkylation sites (tertiary alicyclic amines) is 1. The lowest BCUT2D eigenvalue weighted by atomic mass is 10.1. The predicted molar refractivity (Wildman–Crippen MR) is 91.6 cm³/mol. The second-order valence-electron chi connectivity index (χ2n) is 6.23. The number of carbonyl (C=O) groups excluding carboxylic acids is 1. The fourth-order valence-electron chi connectivity index (χ4n) is 3.11. The van der Waals surface area contributed by atoms with Gasteiger partial charge in [0.15, 0.2) is 0 Å². The topological polar surface area (TPSA) is 77.0 Å². The Morgan fingerprint density at radius 2 is 1.96 bits per heavy atom. The molecule has 0 saturated carbocycles. The van der Waals surface area contributed by atoms with E-state index in [0.717, 1.165) is 29.6 Å². The van der Waals surface area contributed by atoms with Gasteiger partial charge in [0.25, 0.3) is 5.91 Å². The van der Waals surface area contributed by atoms with Crippen molar-refractivity contribution < 1.29 is 4.79 Å². The molecule has 2 heterocycles. The second kappa shape index (κ2) is 6.05. The summed E-state index contributed by atoms with van der Waals surface area (Å²) in [6.07, 6.45) is 0.878. The average Bonchev–Trinajstić information content (AvgIpc) is 3.22. The number of nitrogens with zero attached hydrogens (tertiary/aromatic N) is 4. The lowest BCUT2D eigenvalue weighted by Gasteiger charge is -2.16. The molecular formula is C18H19N5O. The summed E-state index contributed by atoms with van der Waals surface area (Å²) in [6.45, 7) is 2.02. The van der Waals surface area contributed by atoms with E-state index in [1.54, 1.807) is 0 Å². The number of amides is 1. The fourth-order valence-corrected chi connectivity index (χ4v) is 3.11. The molecule has 2 aromatic carbocycles. The summed E-state index contributed by atoms with van der Waals surface area (Å²) < 4.78 is 1.87. The fraction of sp³-hybridized carbons (Fsp3) is 0.278. The van der Waals surface area contributed by atoms with Crippen LogP contribution in [0.15, 0.2) is 48.5 Å². The number of para-hydroxylation sites is 1. The molecule has 3 aromatic rings. The number of benzene rings is 2. The van der Waals surface area contributed by atoms with E-state index in [2.05, 4.69) is 10.3 Å². The zero-order chi connectivity index (χ0) is 16.5. The first-order valence-corrected chi connectivity index (χ1v) is 8.13. The number of nitrogens with two attached hydrogens (primary N) is 1. The molecule has 0 unspecified atom stereocenters. The summed E-state index contributed by atoms with van der Waals surface area (Å²) in [5, 5.41) is 8.36. The lowest BCUT2D eigenvalue weighted by molar-refractivity contribution is 0.0791. The van der Waals surface area contributed by atoms with E-state index in [0.29, 0.717) is 18.7 Å². The van der Waals surface area contributed by atoms with Gasteiger partial charge in [0, 0.05) is 24.7 Å². The zero-order valence-corrected chi connectivity index (χ0v) is 13.3. The number of hydrogen-bond acceptors (Lipinski definition) is 4. The van der Waals surface area contributed by atoms with Gasteiger partial charge >= 0.3 is 0 Å². The van der Waals surface area contributed by atoms with Crippen LogP contribution in [0, 0.1) is 0 Å². The summed E-state index contributed by atoms with van der Waals surface area (Å²) in [6, 6.07) is 15.7. The van der Waals surface area contributed by atoms with Gasteiger partial charge < -0.3 is 10.6 Å². The van der Waals surface area contributed by atoms with Crippen LogP contribution in [-0.4, -0.2) is 44.9 Å². The molecule has 0 radical (unpaired) electrons. The summed E-state index contributed by atoms with van der Waals surface area (Å²) in [5.74, 6) is 0.0562. The van der Waals surface area contributed by atoms with Gasteiger partial charge in [0.05, 0.1) is 12.1 Å². The molecule has 4 rings (SSSR count). The molecule has 0 bridgehead atoms. The summed E-state index contributed by atoms with van der Waals surface area (Å²) in [7, 11) is 0. The van der Waals surface area contributed by atoms with Crippen molar-refractivity contribution in [2.45, 2.75) is 19.0 Å². The van der Waals surface area contributed by atoms with Crippen molar-refractivity contribution in [1.29, 1.82) is 0 Å². The third-order valence-electron chi connectivity index (χ3n) is 4.47. The maximum absolute atomic E-state index is 12.4. The third kappa shape index (κ3) is 2.76. The van der Waals surface area contributed by atoms with E-state index in [1.165, 1.54) is 0 Å². The van der Waals surface area contributed by atoms with Crippen LogP contribution in [0.2, 0.25) is 0 Å². The molecule has 1 saturated heterocycles. The van der Waals surface area contributed by atoms with Crippen molar-refractivity contribution in [3.05, 3.63) is 59.7 Å². The van der Waals surface area contributed by atoms with Crippen molar-refractivity contribution in [3.8, 4) is 0 Å². The SMILES string of the molecule is N[C@H]1CCN(C(=O)c2ccc(Cn3nnc4ccccc43)cc2)C1. The Labute approximate surface area is 139 Å². The predicted octanol–water partition coefficient (Wildman–Crippen LogP) is 1.65. The van der Waals surface area contributed by atoms with Crippen molar-refractivity contribution in [3.63, 3.8) is 0 Å². The van der Waals surface area contributed by atoms with Crippen molar-refractivity contribution in [2.24, 2.45) is 5.73 Å². The highest BCUT2D eigenvalue weighted by molar-refractivity contribution is 5.94. The highest BCUT2D eigenvalue weighted by Crippen LogP contribution is 2.15. The quantitative estimate of drug-likeness (QED) is 0.796. The monoisotopic (exact) mass is 321 g/mol. The maximum Gasteiger partial charge on any atom is 0.253 e. The van der Waals surface area contributed by atoms with Crippen molar-refractivity contribution in [1.82, 2.24) is 19.9 Å². The Balaban J connectivity index is 1.50. The van der Waals surface area contributed by atoms with E-state index < -0.39 is 0 Å². The highest BCUT2D eigenvalue weighted by Gasteiger charge is 2.24. The van der Waals surface area contributed by atoms with Crippen LogP contribution in [0.1, 0.15) is 22.3 Å². The Hall–Kier alpha value is -2.73. The molecule has 0 aliphatic carbocycles. The molecule has 1 aromatic heterocycles. The molecule has 2 N–H and O–H groups in total. The zero-order valence-electron chi connectivity index (χ0n) is 13.3. The lowest BCUT2D eigenvalue weighted by Crippen LogP contribution is -2.31. The summed E-state index contributed by atoms with van der Waals surface area (Å²) in [5.41, 5.74) is 9.55. The second-order valence-corrected chi connectivity index (χ2v) is 6.23. The minimum atomic E-state index is 0.0562. The maximum atomic E-state index is 12.4. The Bertz CT molecular complexity index is 871. The van der Waals surface area contributed by atoms with Crippen LogP contribution in [0.25, 0.3) is 11.0 Å². The molecule has 122 valence electrons. The average molecular weight is 321 g/mol. The first-order valence-electron chi connectivity index (χ1n) is 8.13. The summed E-state index contributed by atoms with van der Waals surface area (Å²) in [4.78, 5) is 14.3. The molecule has 0 spiro atoms. The molecule has 1 amide bonds. The normalized spacial score (nSPS) is 17.5. The molecule has 24 heavy (non-hydrogen) atoms. The third-order valence-corrected chi connectivity index (χ3v) is 4.47. The number of fused-ring (bicyclic) bond motifs is 1. The van der Waals surface area contributed by atoms with Gasteiger partial charge in [-0.2, -0.15) is 0 Å². The van der Waals surface area contributed by atoms with Gasteiger partial charge in [-0.3, -0.25) is 4.79 Å². The van der Waals surface area contributed by atoms with Crippen LogP contribution in [0.3, 0.4) is 0 Å². The van der Waals surface area contributed by atoms with Crippen LogP contribution in [0.4, 0.5) is 0 Å². The van der Waals surface area contributed by atoms with Crippen LogP contribution in [-0.2, 0) is 6.54 Å². The number of rotatable bonds is 3. The highest BCUT2D eigenvalue weighted by atomic mass is 16.2. The van der Waals surface area contributed by atoms with Crippen molar-refractivity contribution >= 4 is 16.9 Å². The molecule has 1 atom stereocenters. The number of hydrogen-bond donors (Lipinski definition) is 1. The van der Waals surface area contributed by atoms with Gasteiger partial charge in [-0.05, 0) is 36.2 Å². The standard InChI is InChI=1S/C18H19N5O/c19-15-9-10-22(12-15)18(24)14-7-5-13(6-8-14)11-23-17-4-2-1-3-16(17)20-21-23/h1-8,15H,9-12,19H2/t15-/m0/s1. The molecular weight excluding hydrogens is 302 g/mol. The molecule has 1 fully saturated rings.